The maximum atomic E-state index is 2.64. The van der Waals surface area contributed by atoms with Crippen molar-refractivity contribution in [2.75, 3.05) is 37.0 Å². The molecule has 4 heteroatoms. The van der Waals surface area contributed by atoms with Gasteiger partial charge in [0.05, 0.1) is 0 Å². The van der Waals surface area contributed by atoms with E-state index in [2.05, 4.69) is 65.8 Å². The van der Waals surface area contributed by atoms with Crippen LogP contribution in [0, 0.1) is 0 Å². The van der Waals surface area contributed by atoms with E-state index >= 15 is 0 Å². The smallest absolute Gasteiger partial charge is 0.147 e. The van der Waals surface area contributed by atoms with Crippen LogP contribution in [0.1, 0.15) is 207 Å². The molecule has 0 nitrogen and oxygen atoms in total. The van der Waals surface area contributed by atoms with E-state index in [0.29, 0.717) is 0 Å². The molecule has 0 aliphatic rings. The van der Waals surface area contributed by atoms with Gasteiger partial charge in [-0.05, 0) is 0 Å². The molecule has 0 bridgehead atoms. The minimum absolute atomic E-state index is 0. The molecule has 0 radical (unpaired) electrons. The van der Waals surface area contributed by atoms with E-state index in [-0.39, 0.29) is 24.8 Å². The van der Waals surface area contributed by atoms with Gasteiger partial charge in [-0.15, -0.1) is 24.8 Å². The summed E-state index contributed by atoms with van der Waals surface area (Å²) in [4.78, 5) is 0. The Balaban J connectivity index is 0. The summed E-state index contributed by atoms with van der Waals surface area (Å²) in [6, 6.07) is 10.5. The zero-order valence-corrected chi connectivity index (χ0v) is 37.4. The molecule has 290 valence electrons. The topological polar surface area (TPSA) is 0 Å². The monoisotopic (exact) mass is 751 g/mol. The average molecular weight is 752 g/mol. The summed E-state index contributed by atoms with van der Waals surface area (Å²) in [6.07, 6.45) is 47.1. The van der Waals surface area contributed by atoms with Gasteiger partial charge in [0.25, 0.3) is 0 Å². The molecule has 1 rings (SSSR count). The fourth-order valence-electron chi connectivity index (χ4n) is 8.42. The van der Waals surface area contributed by atoms with Crippen LogP contribution in [0.15, 0.2) is 24.3 Å². The van der Waals surface area contributed by atoms with E-state index in [1.165, 1.54) is 166 Å². The second kappa shape index (κ2) is 34.7. The Morgan fingerprint density at radius 2 is 0.500 bits per heavy atom. The second-order valence-corrected chi connectivity index (χ2v) is 25.7. The van der Waals surface area contributed by atoms with Crippen LogP contribution < -0.4 is 0 Å². The first-order valence-electron chi connectivity index (χ1n) is 21.6. The van der Waals surface area contributed by atoms with Gasteiger partial charge in [0.2, 0.25) is 0 Å². The molecule has 1 aromatic rings. The molecule has 0 saturated heterocycles. The average Bonchev–Trinajstić information content (AvgIpc) is 3.07. The SMILES string of the molecule is CCCCCCCC[PH](CCCCCCCC)(CCCCCCCC)Cc1ccc(C[PH](CCCC)(CCCC)CCCC)cc1.Cl.Cl. The summed E-state index contributed by atoms with van der Waals surface area (Å²) in [6.45, 7) is 14.3. The van der Waals surface area contributed by atoms with Crippen molar-refractivity contribution in [3.05, 3.63) is 35.4 Å². The fourth-order valence-corrected chi connectivity index (χ4v) is 19.5. The summed E-state index contributed by atoms with van der Waals surface area (Å²) < 4.78 is 0. The molecule has 0 fully saturated rings. The van der Waals surface area contributed by atoms with Gasteiger partial charge >= 0.3 is 295 Å². The van der Waals surface area contributed by atoms with Gasteiger partial charge in [0.1, 0.15) is 0 Å². The number of rotatable bonds is 34. The molecule has 0 saturated carbocycles. The van der Waals surface area contributed by atoms with Crippen molar-refractivity contribution in [1.29, 1.82) is 0 Å². The van der Waals surface area contributed by atoms with Gasteiger partial charge < -0.3 is 0 Å². The van der Waals surface area contributed by atoms with Gasteiger partial charge in [-0.3, -0.25) is 0 Å². The van der Waals surface area contributed by atoms with Crippen LogP contribution in [-0.2, 0) is 12.3 Å². The molecule has 0 aliphatic carbocycles. The summed E-state index contributed by atoms with van der Waals surface area (Å²) in [5, 5.41) is 0. The predicted octanol–water partition coefficient (Wildman–Crippen LogP) is 16.5. The summed E-state index contributed by atoms with van der Waals surface area (Å²) >= 11 is 0. The van der Waals surface area contributed by atoms with Crippen LogP contribution in [0.25, 0.3) is 0 Å². The van der Waals surface area contributed by atoms with Crippen LogP contribution in [-0.4, -0.2) is 37.0 Å². The molecule has 0 N–H and O–H groups in total. The third-order valence-electron chi connectivity index (χ3n) is 11.5. The molecule has 48 heavy (non-hydrogen) atoms. The van der Waals surface area contributed by atoms with Gasteiger partial charge in [-0.1, -0.05) is 0 Å². The minimum atomic E-state index is -1.35. The first kappa shape index (κ1) is 50.8. The van der Waals surface area contributed by atoms with Crippen molar-refractivity contribution in [2.24, 2.45) is 0 Å². The quantitative estimate of drug-likeness (QED) is 0.0486. The molecule has 0 aliphatic heterocycles. The molecule has 1 aromatic carbocycles. The van der Waals surface area contributed by atoms with Gasteiger partial charge in [0.15, 0.2) is 0 Å². The van der Waals surface area contributed by atoms with Crippen LogP contribution in [0.3, 0.4) is 0 Å². The van der Waals surface area contributed by atoms with E-state index in [4.69, 9.17) is 0 Å². The summed E-state index contributed by atoms with van der Waals surface area (Å²) in [5.74, 6) is 0. The van der Waals surface area contributed by atoms with Crippen molar-refractivity contribution >= 4 is 39.3 Å². The Hall–Kier alpha value is 0.660. The van der Waals surface area contributed by atoms with E-state index in [1.807, 2.05) is 0 Å². The molecule has 0 spiro atoms. The fraction of sp³-hybridized carbons (Fsp3) is 0.864. The molecule has 0 amide bonds. The van der Waals surface area contributed by atoms with Gasteiger partial charge in [0, 0.05) is 0 Å². The zero-order chi connectivity index (χ0) is 33.6. The van der Waals surface area contributed by atoms with E-state index in [1.54, 1.807) is 48.1 Å². The van der Waals surface area contributed by atoms with Gasteiger partial charge in [-0.2, -0.15) is 0 Å². The maximum Gasteiger partial charge on any atom is -0.147 e. The Bertz CT molecular complexity index is 718. The Morgan fingerprint density at radius 1 is 0.292 bits per heavy atom. The third-order valence-corrected chi connectivity index (χ3v) is 22.3. The number of hydrogen-bond donors (Lipinski definition) is 0. The van der Waals surface area contributed by atoms with Gasteiger partial charge in [-0.25, -0.2) is 0 Å². The van der Waals surface area contributed by atoms with E-state index in [0.717, 1.165) is 0 Å². The summed E-state index contributed by atoms with van der Waals surface area (Å²) in [5.41, 5.74) is 3.40. The van der Waals surface area contributed by atoms with Crippen LogP contribution in [0.5, 0.6) is 0 Å². The van der Waals surface area contributed by atoms with Crippen molar-refractivity contribution in [3.63, 3.8) is 0 Å². The normalized spacial score (nSPS) is 12.5. The van der Waals surface area contributed by atoms with E-state index in [9.17, 15) is 0 Å². The van der Waals surface area contributed by atoms with Crippen molar-refractivity contribution < 1.29 is 0 Å². The van der Waals surface area contributed by atoms with E-state index < -0.39 is 14.5 Å². The molecule has 0 aromatic heterocycles. The number of unbranched alkanes of at least 4 members (excludes halogenated alkanes) is 18. The Labute approximate surface area is 318 Å². The van der Waals surface area contributed by atoms with Crippen molar-refractivity contribution in [2.45, 2.75) is 208 Å². The van der Waals surface area contributed by atoms with Crippen LogP contribution in [0.4, 0.5) is 0 Å². The number of benzene rings is 1. The Morgan fingerprint density at radius 3 is 0.750 bits per heavy atom. The zero-order valence-electron chi connectivity index (χ0n) is 33.8. The standard InChI is InChI=1S/C44H88P2.2ClH/c1-7-13-19-22-25-28-38-46(39-29-26-23-20-14-8-2,40-30-27-24-21-15-9-3)42-44-33-31-43(32-34-44)41-45(35-16-10-4,36-17-11-5)37-18-12-6;;/h31-34,45-46H,7-30,35-42H2,1-6H3;2*1H. The molecule has 0 heterocycles. The van der Waals surface area contributed by atoms with Crippen LogP contribution in [0.2, 0.25) is 0 Å². The third kappa shape index (κ3) is 24.8. The largest absolute Gasteiger partial charge is 0.147 e. The molecule has 0 atom stereocenters. The summed E-state index contributed by atoms with van der Waals surface area (Å²) in [7, 11) is -2.60. The van der Waals surface area contributed by atoms with Crippen LogP contribution >= 0.6 is 39.3 Å². The number of halogens is 2. The second-order valence-electron chi connectivity index (χ2n) is 16.0. The minimum Gasteiger partial charge on any atom is -0.147 e. The molecular weight excluding hydrogens is 661 g/mol. The van der Waals surface area contributed by atoms with Crippen molar-refractivity contribution in [3.8, 4) is 0 Å². The van der Waals surface area contributed by atoms with Crippen molar-refractivity contribution in [1.82, 2.24) is 0 Å². The maximum absolute atomic E-state index is 2.64. The molecular formula is C44H90Cl2P2. The predicted molar refractivity (Wildman–Crippen MR) is 239 cm³/mol. The first-order valence-corrected chi connectivity index (χ1v) is 27.3. The first-order chi connectivity index (χ1) is 22.5. The number of hydrogen-bond acceptors (Lipinski definition) is 0. The Kier molecular flexibility index (Phi) is 36.7. The molecule has 0 unspecified atom stereocenters.